The Morgan fingerprint density at radius 1 is 1.31 bits per heavy atom. The van der Waals surface area contributed by atoms with Gasteiger partial charge in [0.25, 0.3) is 0 Å². The van der Waals surface area contributed by atoms with Gasteiger partial charge in [-0.2, -0.15) is 0 Å². The van der Waals surface area contributed by atoms with Crippen LogP contribution in [0.2, 0.25) is 0 Å². The summed E-state index contributed by atoms with van der Waals surface area (Å²) in [5.74, 6) is 0. The van der Waals surface area contributed by atoms with Gasteiger partial charge in [0.05, 0.1) is 4.90 Å². The number of benzene rings is 1. The molecule has 0 fully saturated rings. The molecule has 0 bridgehead atoms. The summed E-state index contributed by atoms with van der Waals surface area (Å²) in [6.45, 7) is 1.82. The maximum atomic E-state index is 11.1. The molecular formula is C9H11NO2S. The Balaban J connectivity index is 3.37. The lowest BCUT2D eigenvalue weighted by Crippen LogP contribution is -2.13. The van der Waals surface area contributed by atoms with Crippen LogP contribution in [0.15, 0.2) is 35.2 Å². The van der Waals surface area contributed by atoms with Crippen LogP contribution >= 0.6 is 0 Å². The van der Waals surface area contributed by atoms with E-state index >= 15 is 0 Å². The molecule has 70 valence electrons. The van der Waals surface area contributed by atoms with Crippen LogP contribution in [0.3, 0.4) is 0 Å². The topological polar surface area (TPSA) is 60.2 Å². The van der Waals surface area contributed by atoms with Crippen molar-refractivity contribution in [2.45, 2.75) is 11.8 Å². The van der Waals surface area contributed by atoms with Crippen LogP contribution in [0.25, 0.3) is 6.08 Å². The molecule has 0 aliphatic heterocycles. The highest BCUT2D eigenvalue weighted by atomic mass is 32.2. The van der Waals surface area contributed by atoms with Crippen LogP contribution in [-0.2, 0) is 10.0 Å². The van der Waals surface area contributed by atoms with E-state index in [-0.39, 0.29) is 4.90 Å². The van der Waals surface area contributed by atoms with Gasteiger partial charge in [0, 0.05) is 0 Å². The quantitative estimate of drug-likeness (QED) is 0.778. The zero-order valence-electron chi connectivity index (χ0n) is 7.27. The van der Waals surface area contributed by atoms with E-state index in [1.807, 2.05) is 6.92 Å². The molecule has 0 spiro atoms. The molecule has 0 heterocycles. The van der Waals surface area contributed by atoms with Crippen molar-refractivity contribution in [3.05, 3.63) is 35.9 Å². The number of rotatable bonds is 2. The van der Waals surface area contributed by atoms with Crippen LogP contribution < -0.4 is 5.14 Å². The Bertz CT molecular complexity index is 421. The molecule has 3 nitrogen and oxygen atoms in total. The van der Waals surface area contributed by atoms with Crippen molar-refractivity contribution >= 4 is 16.1 Å². The Morgan fingerprint density at radius 3 is 2.46 bits per heavy atom. The minimum absolute atomic E-state index is 0.160. The fourth-order valence-corrected chi connectivity index (χ4v) is 1.79. The molecule has 1 rings (SSSR count). The predicted octanol–water partition coefficient (Wildman–Crippen LogP) is 1.37. The van der Waals surface area contributed by atoms with Crippen LogP contribution in [0.1, 0.15) is 12.5 Å². The second kappa shape index (κ2) is 3.72. The molecular weight excluding hydrogens is 186 g/mol. The van der Waals surface area contributed by atoms with Gasteiger partial charge in [-0.25, -0.2) is 13.6 Å². The SMILES string of the molecule is CC=Cc1ccccc1S(N)(=O)=O. The van der Waals surface area contributed by atoms with Gasteiger partial charge in [0.2, 0.25) is 10.0 Å². The molecule has 0 radical (unpaired) electrons. The van der Waals surface area contributed by atoms with Gasteiger partial charge in [-0.05, 0) is 18.6 Å². The summed E-state index contributed by atoms with van der Waals surface area (Å²) in [6, 6.07) is 6.61. The molecule has 4 heteroatoms. The number of hydrogen-bond acceptors (Lipinski definition) is 2. The third-order valence-corrected chi connectivity index (χ3v) is 2.56. The van der Waals surface area contributed by atoms with Crippen molar-refractivity contribution in [3.63, 3.8) is 0 Å². The average molecular weight is 197 g/mol. The van der Waals surface area contributed by atoms with E-state index in [1.165, 1.54) is 6.07 Å². The Hall–Kier alpha value is -1.13. The van der Waals surface area contributed by atoms with E-state index in [0.29, 0.717) is 5.56 Å². The Kier molecular flexibility index (Phi) is 2.85. The van der Waals surface area contributed by atoms with E-state index in [9.17, 15) is 8.42 Å². The van der Waals surface area contributed by atoms with Gasteiger partial charge in [-0.3, -0.25) is 0 Å². The van der Waals surface area contributed by atoms with E-state index in [1.54, 1.807) is 30.4 Å². The lowest BCUT2D eigenvalue weighted by Gasteiger charge is -2.01. The second-order valence-electron chi connectivity index (χ2n) is 2.58. The molecule has 0 aliphatic rings. The van der Waals surface area contributed by atoms with E-state index in [2.05, 4.69) is 0 Å². The molecule has 0 saturated carbocycles. The lowest BCUT2D eigenvalue weighted by atomic mass is 10.2. The third kappa shape index (κ3) is 2.40. The van der Waals surface area contributed by atoms with Crippen molar-refractivity contribution in [1.29, 1.82) is 0 Å². The van der Waals surface area contributed by atoms with Crippen LogP contribution in [0.4, 0.5) is 0 Å². The molecule has 0 saturated heterocycles. The molecule has 2 N–H and O–H groups in total. The zero-order valence-corrected chi connectivity index (χ0v) is 8.08. The van der Waals surface area contributed by atoms with Crippen molar-refractivity contribution < 1.29 is 8.42 Å². The molecule has 1 aromatic carbocycles. The van der Waals surface area contributed by atoms with Gasteiger partial charge < -0.3 is 0 Å². The third-order valence-electron chi connectivity index (χ3n) is 1.57. The van der Waals surface area contributed by atoms with E-state index in [4.69, 9.17) is 5.14 Å². The molecule has 13 heavy (non-hydrogen) atoms. The van der Waals surface area contributed by atoms with Gasteiger partial charge in [-0.15, -0.1) is 0 Å². The maximum absolute atomic E-state index is 11.1. The van der Waals surface area contributed by atoms with Gasteiger partial charge in [-0.1, -0.05) is 30.4 Å². The first-order valence-electron chi connectivity index (χ1n) is 3.80. The second-order valence-corrected chi connectivity index (χ2v) is 4.11. The monoisotopic (exact) mass is 197 g/mol. The van der Waals surface area contributed by atoms with Crippen molar-refractivity contribution in [1.82, 2.24) is 0 Å². The smallest absolute Gasteiger partial charge is 0.225 e. The number of hydrogen-bond donors (Lipinski definition) is 1. The van der Waals surface area contributed by atoms with Gasteiger partial charge in [0.1, 0.15) is 0 Å². The molecule has 0 aromatic heterocycles. The fourth-order valence-electron chi connectivity index (χ4n) is 1.06. The predicted molar refractivity (Wildman–Crippen MR) is 52.5 cm³/mol. The van der Waals surface area contributed by atoms with Crippen molar-refractivity contribution in [2.24, 2.45) is 5.14 Å². The normalized spacial score (nSPS) is 12.2. The van der Waals surface area contributed by atoms with Gasteiger partial charge >= 0.3 is 0 Å². The summed E-state index contributed by atoms with van der Waals surface area (Å²) in [6.07, 6.45) is 3.48. The summed E-state index contributed by atoms with van der Waals surface area (Å²) < 4.78 is 22.1. The minimum Gasteiger partial charge on any atom is -0.225 e. The first-order chi connectivity index (χ1) is 6.05. The summed E-state index contributed by atoms with van der Waals surface area (Å²) in [4.78, 5) is 0.160. The summed E-state index contributed by atoms with van der Waals surface area (Å²) in [5, 5.41) is 5.03. The summed E-state index contributed by atoms with van der Waals surface area (Å²) in [7, 11) is -3.61. The molecule has 0 atom stereocenters. The van der Waals surface area contributed by atoms with Crippen LogP contribution in [-0.4, -0.2) is 8.42 Å². The van der Waals surface area contributed by atoms with Crippen LogP contribution in [0, 0.1) is 0 Å². The first-order valence-corrected chi connectivity index (χ1v) is 5.35. The lowest BCUT2D eigenvalue weighted by molar-refractivity contribution is 0.597. The Labute approximate surface area is 77.9 Å². The Morgan fingerprint density at radius 2 is 1.92 bits per heavy atom. The standard InChI is InChI=1S/C9H11NO2S/c1-2-5-8-6-3-4-7-9(8)13(10,11)12/h2-7H,1H3,(H2,10,11,12). The molecule has 0 unspecified atom stereocenters. The molecule has 0 amide bonds. The van der Waals surface area contributed by atoms with Crippen molar-refractivity contribution in [2.75, 3.05) is 0 Å². The summed E-state index contributed by atoms with van der Waals surface area (Å²) in [5.41, 5.74) is 0.618. The highest BCUT2D eigenvalue weighted by molar-refractivity contribution is 7.89. The molecule has 1 aromatic rings. The maximum Gasteiger partial charge on any atom is 0.238 e. The zero-order chi connectivity index (χ0) is 9.90. The number of nitrogens with two attached hydrogens (primary N) is 1. The number of sulfonamides is 1. The largest absolute Gasteiger partial charge is 0.238 e. The van der Waals surface area contributed by atoms with E-state index in [0.717, 1.165) is 0 Å². The number of primary sulfonamides is 1. The highest BCUT2D eigenvalue weighted by Crippen LogP contribution is 2.14. The first kappa shape index (κ1) is 9.95. The highest BCUT2D eigenvalue weighted by Gasteiger charge is 2.10. The van der Waals surface area contributed by atoms with E-state index < -0.39 is 10.0 Å². The average Bonchev–Trinajstić information content (AvgIpc) is 2.04. The molecule has 0 aliphatic carbocycles. The van der Waals surface area contributed by atoms with Gasteiger partial charge in [0.15, 0.2) is 0 Å². The minimum atomic E-state index is -3.61. The summed E-state index contributed by atoms with van der Waals surface area (Å²) >= 11 is 0. The number of allylic oxidation sites excluding steroid dienone is 1. The van der Waals surface area contributed by atoms with Crippen LogP contribution in [0.5, 0.6) is 0 Å². The van der Waals surface area contributed by atoms with Crippen molar-refractivity contribution in [3.8, 4) is 0 Å². The fraction of sp³-hybridized carbons (Fsp3) is 0.111.